The predicted octanol–water partition coefficient (Wildman–Crippen LogP) is 3.30. The third-order valence-electron chi connectivity index (χ3n) is 2.98. The van der Waals surface area contributed by atoms with Crippen molar-refractivity contribution in [3.63, 3.8) is 0 Å². The van der Waals surface area contributed by atoms with Crippen LogP contribution in [0.3, 0.4) is 0 Å². The normalized spacial score (nSPS) is 11.7. The number of nitrogens with two attached hydrogens (primary N) is 1. The molecule has 20 heavy (non-hydrogen) atoms. The van der Waals surface area contributed by atoms with E-state index in [0.29, 0.717) is 16.9 Å². The van der Waals surface area contributed by atoms with Crippen LogP contribution in [0.25, 0.3) is 0 Å². The van der Waals surface area contributed by atoms with E-state index in [1.54, 1.807) is 24.3 Å². The molecular weight excluding hydrogens is 255 g/mol. The molecule has 3 nitrogen and oxygen atoms in total. The van der Waals surface area contributed by atoms with Crippen molar-refractivity contribution >= 4 is 0 Å². The van der Waals surface area contributed by atoms with Gasteiger partial charge in [0.1, 0.15) is 18.2 Å². The first-order chi connectivity index (χ1) is 9.60. The summed E-state index contributed by atoms with van der Waals surface area (Å²) in [7, 11) is 0. The summed E-state index contributed by atoms with van der Waals surface area (Å²) >= 11 is 0. The van der Waals surface area contributed by atoms with Crippen molar-refractivity contribution in [2.24, 2.45) is 5.73 Å². The number of nitriles is 1. The van der Waals surface area contributed by atoms with Gasteiger partial charge in [0, 0.05) is 11.6 Å². The molecule has 0 saturated heterocycles. The minimum absolute atomic E-state index is 0.0278. The molecule has 2 aromatic carbocycles. The van der Waals surface area contributed by atoms with Gasteiger partial charge in [-0.2, -0.15) is 5.26 Å². The van der Waals surface area contributed by atoms with E-state index in [1.807, 2.05) is 25.1 Å². The molecule has 2 N–H and O–H groups in total. The lowest BCUT2D eigenvalue weighted by Gasteiger charge is -2.09. The molecule has 0 unspecified atom stereocenters. The molecule has 0 amide bonds. The van der Waals surface area contributed by atoms with Gasteiger partial charge in [-0.3, -0.25) is 0 Å². The number of hydrogen-bond donors (Lipinski definition) is 1. The summed E-state index contributed by atoms with van der Waals surface area (Å²) in [5, 5.41) is 8.67. The number of hydrogen-bond acceptors (Lipinski definition) is 3. The summed E-state index contributed by atoms with van der Waals surface area (Å²) in [5.41, 5.74) is 7.49. The van der Waals surface area contributed by atoms with Crippen LogP contribution in [-0.2, 0) is 6.61 Å². The molecule has 102 valence electrons. The molecule has 0 heterocycles. The largest absolute Gasteiger partial charge is 0.489 e. The Kier molecular flexibility index (Phi) is 4.34. The quantitative estimate of drug-likeness (QED) is 0.927. The van der Waals surface area contributed by atoms with Gasteiger partial charge >= 0.3 is 0 Å². The van der Waals surface area contributed by atoms with Gasteiger partial charge in [0.05, 0.1) is 11.6 Å². The van der Waals surface area contributed by atoms with E-state index in [2.05, 4.69) is 0 Å². The molecule has 0 aromatic heterocycles. The Morgan fingerprint density at radius 3 is 2.50 bits per heavy atom. The minimum atomic E-state index is -0.434. The van der Waals surface area contributed by atoms with Crippen LogP contribution in [-0.4, -0.2) is 0 Å². The summed E-state index contributed by atoms with van der Waals surface area (Å²) < 4.78 is 19.2. The molecule has 0 aliphatic rings. The van der Waals surface area contributed by atoms with Gasteiger partial charge in [-0.05, 0) is 36.8 Å². The maximum Gasteiger partial charge on any atom is 0.131 e. The standard InChI is InChI=1S/C16H15FN2O/c1-11(19)13-4-6-15(7-5-13)20-10-14-3-2-12(9-18)8-16(14)17/h2-8,11H,10,19H2,1H3/t11-/m0/s1. The topological polar surface area (TPSA) is 59.0 Å². The molecule has 2 rings (SSSR count). The highest BCUT2D eigenvalue weighted by Gasteiger charge is 2.05. The smallest absolute Gasteiger partial charge is 0.131 e. The first-order valence-electron chi connectivity index (χ1n) is 6.27. The van der Waals surface area contributed by atoms with Gasteiger partial charge in [0.2, 0.25) is 0 Å². The average Bonchev–Trinajstić information content (AvgIpc) is 2.46. The molecule has 0 spiro atoms. The fourth-order valence-electron chi connectivity index (χ4n) is 1.76. The number of ether oxygens (including phenoxy) is 1. The van der Waals surface area contributed by atoms with Crippen LogP contribution in [0, 0.1) is 17.1 Å². The van der Waals surface area contributed by atoms with Crippen molar-refractivity contribution in [3.8, 4) is 11.8 Å². The maximum absolute atomic E-state index is 13.7. The van der Waals surface area contributed by atoms with E-state index in [4.69, 9.17) is 15.7 Å². The van der Waals surface area contributed by atoms with Crippen LogP contribution in [0.1, 0.15) is 29.7 Å². The van der Waals surface area contributed by atoms with Crippen LogP contribution < -0.4 is 10.5 Å². The van der Waals surface area contributed by atoms with Gasteiger partial charge in [-0.15, -0.1) is 0 Å². The fraction of sp³-hybridized carbons (Fsp3) is 0.188. The van der Waals surface area contributed by atoms with Crippen LogP contribution in [0.2, 0.25) is 0 Å². The number of benzene rings is 2. The highest BCUT2D eigenvalue weighted by Crippen LogP contribution is 2.18. The second kappa shape index (κ2) is 6.18. The molecule has 4 heteroatoms. The zero-order valence-corrected chi connectivity index (χ0v) is 11.1. The van der Waals surface area contributed by atoms with Crippen LogP contribution in [0.15, 0.2) is 42.5 Å². The van der Waals surface area contributed by atoms with Crippen molar-refractivity contribution < 1.29 is 9.13 Å². The Hall–Kier alpha value is -2.38. The molecule has 0 saturated carbocycles. The zero-order valence-electron chi connectivity index (χ0n) is 11.1. The summed E-state index contributed by atoms with van der Waals surface area (Å²) in [6, 6.07) is 13.6. The second-order valence-electron chi connectivity index (χ2n) is 4.56. The van der Waals surface area contributed by atoms with Crippen LogP contribution in [0.5, 0.6) is 5.75 Å². The van der Waals surface area contributed by atoms with Gasteiger partial charge in [0.25, 0.3) is 0 Å². The molecule has 0 radical (unpaired) electrons. The van der Waals surface area contributed by atoms with Crippen molar-refractivity contribution in [1.29, 1.82) is 5.26 Å². The predicted molar refractivity (Wildman–Crippen MR) is 74.5 cm³/mol. The lowest BCUT2D eigenvalue weighted by atomic mass is 10.1. The SMILES string of the molecule is C[C@H](N)c1ccc(OCc2ccc(C#N)cc2F)cc1. The third-order valence-corrected chi connectivity index (χ3v) is 2.98. The van der Waals surface area contributed by atoms with E-state index in [9.17, 15) is 4.39 Å². The van der Waals surface area contributed by atoms with Gasteiger partial charge < -0.3 is 10.5 Å². The van der Waals surface area contributed by atoms with E-state index in [1.165, 1.54) is 6.07 Å². The highest BCUT2D eigenvalue weighted by molar-refractivity contribution is 5.33. The van der Waals surface area contributed by atoms with E-state index in [-0.39, 0.29) is 12.6 Å². The summed E-state index contributed by atoms with van der Waals surface area (Å²) in [5.74, 6) is 0.217. The fourth-order valence-corrected chi connectivity index (χ4v) is 1.76. The first kappa shape index (κ1) is 14.0. The first-order valence-corrected chi connectivity index (χ1v) is 6.27. The van der Waals surface area contributed by atoms with Crippen molar-refractivity contribution in [1.82, 2.24) is 0 Å². The Morgan fingerprint density at radius 2 is 1.95 bits per heavy atom. The van der Waals surface area contributed by atoms with Gasteiger partial charge in [0.15, 0.2) is 0 Å². The Labute approximate surface area is 117 Å². The monoisotopic (exact) mass is 270 g/mol. The van der Waals surface area contributed by atoms with Crippen molar-refractivity contribution in [2.45, 2.75) is 19.6 Å². The molecule has 0 aliphatic carbocycles. The van der Waals surface area contributed by atoms with Gasteiger partial charge in [-0.25, -0.2) is 4.39 Å². The lowest BCUT2D eigenvalue weighted by molar-refractivity contribution is 0.299. The summed E-state index contributed by atoms with van der Waals surface area (Å²) in [6.45, 7) is 2.02. The average molecular weight is 270 g/mol. The van der Waals surface area contributed by atoms with E-state index in [0.717, 1.165) is 5.56 Å². The lowest BCUT2D eigenvalue weighted by Crippen LogP contribution is -2.04. The molecule has 0 fully saturated rings. The van der Waals surface area contributed by atoms with Crippen molar-refractivity contribution in [3.05, 3.63) is 65.0 Å². The molecule has 0 aliphatic heterocycles. The number of rotatable bonds is 4. The van der Waals surface area contributed by atoms with E-state index >= 15 is 0 Å². The van der Waals surface area contributed by atoms with Crippen LogP contribution in [0.4, 0.5) is 4.39 Å². The van der Waals surface area contributed by atoms with E-state index < -0.39 is 5.82 Å². The van der Waals surface area contributed by atoms with Gasteiger partial charge in [-0.1, -0.05) is 18.2 Å². The van der Waals surface area contributed by atoms with Crippen molar-refractivity contribution in [2.75, 3.05) is 0 Å². The highest BCUT2D eigenvalue weighted by atomic mass is 19.1. The molecule has 2 aromatic rings. The maximum atomic E-state index is 13.7. The summed E-state index contributed by atoms with van der Waals surface area (Å²) in [4.78, 5) is 0. The minimum Gasteiger partial charge on any atom is -0.489 e. The summed E-state index contributed by atoms with van der Waals surface area (Å²) in [6.07, 6.45) is 0. The zero-order chi connectivity index (χ0) is 14.5. The Morgan fingerprint density at radius 1 is 1.25 bits per heavy atom. The Bertz CT molecular complexity index is 630. The molecule has 1 atom stereocenters. The second-order valence-corrected chi connectivity index (χ2v) is 4.56. The number of nitrogens with zero attached hydrogens (tertiary/aromatic N) is 1. The van der Waals surface area contributed by atoms with Crippen LogP contribution >= 0.6 is 0 Å². The Balaban J connectivity index is 2.03. The number of halogens is 1. The molecule has 0 bridgehead atoms. The molecular formula is C16H15FN2O. The third kappa shape index (κ3) is 3.34.